The normalized spacial score (nSPS) is 12.9. The van der Waals surface area contributed by atoms with Crippen LogP contribution in [0.15, 0.2) is 35.2 Å². The van der Waals surface area contributed by atoms with Crippen LogP contribution in [0.25, 0.3) is 0 Å². The Hall–Kier alpha value is -1.27. The zero-order chi connectivity index (χ0) is 18.1. The number of rotatable bonds is 5. The van der Waals surface area contributed by atoms with Crippen LogP contribution in [0, 0.1) is 13.8 Å². The Morgan fingerprint density at radius 3 is 2.38 bits per heavy atom. The van der Waals surface area contributed by atoms with Gasteiger partial charge in [-0.3, -0.25) is 0 Å². The SMILES string of the molecule is COc1ccc(S(=O)(=O)N[C@H](C)c2cc(C)ccc2C)c(Cl)c1Cl. The Morgan fingerprint density at radius 2 is 1.75 bits per heavy atom. The molecular formula is C17H19Cl2NO3S. The van der Waals surface area contributed by atoms with Crippen molar-refractivity contribution >= 4 is 33.2 Å². The molecule has 0 spiro atoms. The maximum Gasteiger partial charge on any atom is 0.242 e. The summed E-state index contributed by atoms with van der Waals surface area (Å²) in [4.78, 5) is -0.0767. The molecule has 2 aromatic carbocycles. The van der Waals surface area contributed by atoms with Crippen LogP contribution in [0.4, 0.5) is 0 Å². The van der Waals surface area contributed by atoms with Crippen LogP contribution in [0.2, 0.25) is 10.0 Å². The van der Waals surface area contributed by atoms with Gasteiger partial charge in [-0.25, -0.2) is 13.1 Å². The molecule has 0 saturated heterocycles. The lowest BCUT2D eigenvalue weighted by Crippen LogP contribution is -2.27. The summed E-state index contributed by atoms with van der Waals surface area (Å²) in [5.74, 6) is 0.322. The molecule has 0 fully saturated rings. The Kier molecular flexibility index (Phi) is 5.81. The zero-order valence-electron chi connectivity index (χ0n) is 13.9. The van der Waals surface area contributed by atoms with Gasteiger partial charge in [-0.2, -0.15) is 0 Å². The van der Waals surface area contributed by atoms with Crippen LogP contribution in [-0.2, 0) is 10.0 Å². The number of aryl methyl sites for hydroxylation is 2. The molecule has 0 saturated carbocycles. The average Bonchev–Trinajstić information content (AvgIpc) is 2.51. The quantitative estimate of drug-likeness (QED) is 0.811. The van der Waals surface area contributed by atoms with Crippen molar-refractivity contribution in [1.82, 2.24) is 4.72 Å². The summed E-state index contributed by atoms with van der Waals surface area (Å²) >= 11 is 12.2. The van der Waals surface area contributed by atoms with E-state index in [0.717, 1.165) is 16.7 Å². The second-order valence-corrected chi connectivity index (χ2v) is 8.04. The Labute approximate surface area is 152 Å². The van der Waals surface area contributed by atoms with E-state index in [1.165, 1.54) is 19.2 Å². The van der Waals surface area contributed by atoms with Crippen molar-refractivity contribution in [3.05, 3.63) is 57.1 Å². The molecule has 0 aliphatic heterocycles. The predicted octanol–water partition coefficient (Wildman–Crippen LogP) is 4.66. The van der Waals surface area contributed by atoms with E-state index in [-0.39, 0.29) is 14.9 Å². The van der Waals surface area contributed by atoms with Gasteiger partial charge in [0.1, 0.15) is 15.7 Å². The minimum atomic E-state index is -3.84. The number of sulfonamides is 1. The first-order valence-corrected chi connectivity index (χ1v) is 9.52. The molecule has 0 radical (unpaired) electrons. The van der Waals surface area contributed by atoms with Gasteiger partial charge in [0.05, 0.1) is 12.1 Å². The first-order chi connectivity index (χ1) is 11.2. The maximum absolute atomic E-state index is 12.7. The van der Waals surface area contributed by atoms with Crippen LogP contribution in [0.3, 0.4) is 0 Å². The fourth-order valence-corrected chi connectivity index (χ4v) is 4.53. The summed E-state index contributed by atoms with van der Waals surface area (Å²) in [6.45, 7) is 5.69. The van der Waals surface area contributed by atoms with E-state index in [1.807, 2.05) is 32.0 Å². The van der Waals surface area contributed by atoms with Crippen LogP contribution in [0.1, 0.15) is 29.7 Å². The van der Waals surface area contributed by atoms with E-state index in [0.29, 0.717) is 5.75 Å². The topological polar surface area (TPSA) is 55.4 Å². The molecule has 0 aromatic heterocycles. The van der Waals surface area contributed by atoms with Gasteiger partial charge in [0.15, 0.2) is 0 Å². The van der Waals surface area contributed by atoms with Crippen molar-refractivity contribution in [3.63, 3.8) is 0 Å². The molecule has 0 aliphatic carbocycles. The van der Waals surface area contributed by atoms with Crippen LogP contribution >= 0.6 is 23.2 Å². The smallest absolute Gasteiger partial charge is 0.242 e. The van der Waals surface area contributed by atoms with E-state index < -0.39 is 16.1 Å². The molecule has 0 unspecified atom stereocenters. The second-order valence-electron chi connectivity index (χ2n) is 5.60. The van der Waals surface area contributed by atoms with Crippen molar-refractivity contribution in [2.45, 2.75) is 31.7 Å². The molecule has 2 aromatic rings. The van der Waals surface area contributed by atoms with Gasteiger partial charge in [0, 0.05) is 6.04 Å². The molecule has 1 N–H and O–H groups in total. The molecule has 0 amide bonds. The number of methoxy groups -OCH3 is 1. The summed E-state index contributed by atoms with van der Waals surface area (Å²) in [6, 6.07) is 8.36. The van der Waals surface area contributed by atoms with Crippen molar-refractivity contribution < 1.29 is 13.2 Å². The van der Waals surface area contributed by atoms with Crippen LogP contribution in [0.5, 0.6) is 5.75 Å². The Balaban J connectivity index is 2.38. The average molecular weight is 388 g/mol. The first kappa shape index (κ1) is 19.1. The highest BCUT2D eigenvalue weighted by molar-refractivity contribution is 7.89. The standard InChI is InChI=1S/C17H19Cl2NO3S/c1-10-5-6-11(2)13(9-10)12(3)20-24(21,22)15-8-7-14(23-4)16(18)17(15)19/h5-9,12,20H,1-4H3/t12-/m1/s1. The fraction of sp³-hybridized carbons (Fsp3) is 0.294. The highest BCUT2D eigenvalue weighted by Crippen LogP contribution is 2.37. The number of halogens is 2. The number of ether oxygens (including phenoxy) is 1. The van der Waals surface area contributed by atoms with Crippen molar-refractivity contribution in [1.29, 1.82) is 0 Å². The molecular weight excluding hydrogens is 369 g/mol. The fourth-order valence-electron chi connectivity index (χ4n) is 2.47. The van der Waals surface area contributed by atoms with E-state index in [4.69, 9.17) is 27.9 Å². The largest absolute Gasteiger partial charge is 0.495 e. The first-order valence-electron chi connectivity index (χ1n) is 7.29. The van der Waals surface area contributed by atoms with Crippen molar-refractivity contribution in [2.24, 2.45) is 0 Å². The van der Waals surface area contributed by atoms with Crippen LogP contribution < -0.4 is 9.46 Å². The number of nitrogens with one attached hydrogen (secondary N) is 1. The third-order valence-corrected chi connectivity index (χ3v) is 6.31. The zero-order valence-corrected chi connectivity index (χ0v) is 16.2. The molecule has 0 bridgehead atoms. The minimum absolute atomic E-state index is 0.0586. The number of hydrogen-bond donors (Lipinski definition) is 1. The summed E-state index contributed by atoms with van der Waals surface area (Å²) < 4.78 is 33.1. The Bertz CT molecular complexity index is 866. The molecule has 24 heavy (non-hydrogen) atoms. The molecule has 2 rings (SSSR count). The lowest BCUT2D eigenvalue weighted by Gasteiger charge is -2.18. The van der Waals surface area contributed by atoms with Crippen molar-refractivity contribution in [2.75, 3.05) is 7.11 Å². The molecule has 0 heterocycles. The third-order valence-electron chi connectivity index (χ3n) is 3.75. The predicted molar refractivity (Wildman–Crippen MR) is 97.7 cm³/mol. The maximum atomic E-state index is 12.7. The number of hydrogen-bond acceptors (Lipinski definition) is 3. The van der Waals surface area contributed by atoms with E-state index >= 15 is 0 Å². The van der Waals surface area contributed by atoms with Gasteiger partial charge < -0.3 is 4.74 Å². The summed E-state index contributed by atoms with van der Waals surface area (Å²) in [5.41, 5.74) is 2.98. The van der Waals surface area contributed by atoms with E-state index in [9.17, 15) is 8.42 Å². The van der Waals surface area contributed by atoms with Gasteiger partial charge in [0.2, 0.25) is 10.0 Å². The second kappa shape index (κ2) is 7.31. The van der Waals surface area contributed by atoms with E-state index in [2.05, 4.69) is 4.72 Å². The van der Waals surface area contributed by atoms with Gasteiger partial charge in [-0.15, -0.1) is 0 Å². The molecule has 4 nitrogen and oxygen atoms in total. The van der Waals surface area contributed by atoms with E-state index in [1.54, 1.807) is 6.92 Å². The van der Waals surface area contributed by atoms with Crippen molar-refractivity contribution in [3.8, 4) is 5.75 Å². The monoisotopic (exact) mass is 387 g/mol. The molecule has 7 heteroatoms. The third kappa shape index (κ3) is 3.86. The van der Waals surface area contributed by atoms with Gasteiger partial charge >= 0.3 is 0 Å². The molecule has 1 atom stereocenters. The minimum Gasteiger partial charge on any atom is -0.495 e. The summed E-state index contributed by atoms with van der Waals surface area (Å²) in [6.07, 6.45) is 0. The van der Waals surface area contributed by atoms with Gasteiger partial charge in [-0.05, 0) is 44.0 Å². The highest BCUT2D eigenvalue weighted by atomic mass is 35.5. The lowest BCUT2D eigenvalue weighted by atomic mass is 10.0. The summed E-state index contributed by atoms with van der Waals surface area (Å²) in [7, 11) is -2.40. The van der Waals surface area contributed by atoms with Gasteiger partial charge in [-0.1, -0.05) is 47.0 Å². The molecule has 130 valence electrons. The number of benzene rings is 2. The van der Waals surface area contributed by atoms with Gasteiger partial charge in [0.25, 0.3) is 0 Å². The highest BCUT2D eigenvalue weighted by Gasteiger charge is 2.24. The Morgan fingerprint density at radius 1 is 1.08 bits per heavy atom. The lowest BCUT2D eigenvalue weighted by molar-refractivity contribution is 0.414. The van der Waals surface area contributed by atoms with Crippen LogP contribution in [-0.4, -0.2) is 15.5 Å². The molecule has 0 aliphatic rings. The summed E-state index contributed by atoms with van der Waals surface area (Å²) in [5, 5.41) is 0.0121.